The molecule has 35 heavy (non-hydrogen) atoms. The molecule has 0 aliphatic carbocycles. The average Bonchev–Trinajstić information content (AvgIpc) is 3.26. The third-order valence-electron chi connectivity index (χ3n) is 5.25. The smallest absolute Gasteiger partial charge is 0.346 e. The molecule has 0 saturated carbocycles. The fourth-order valence-corrected chi connectivity index (χ4v) is 4.62. The van der Waals surface area contributed by atoms with E-state index in [9.17, 15) is 14.4 Å². The van der Waals surface area contributed by atoms with Gasteiger partial charge in [-0.25, -0.2) is 30.3 Å². The monoisotopic (exact) mass is 515 g/mol. The normalized spacial score (nSPS) is 16.5. The van der Waals surface area contributed by atoms with E-state index in [4.69, 9.17) is 23.3 Å². The van der Waals surface area contributed by atoms with Gasteiger partial charge in [0, 0.05) is 10.7 Å². The molecule has 1 fully saturated rings. The number of urea groups is 2. The van der Waals surface area contributed by atoms with Crippen molar-refractivity contribution in [1.82, 2.24) is 19.8 Å². The lowest BCUT2D eigenvalue weighted by atomic mass is 10.2. The third-order valence-corrected chi connectivity index (χ3v) is 6.66. The summed E-state index contributed by atoms with van der Waals surface area (Å²) in [4.78, 5) is 44.8. The summed E-state index contributed by atoms with van der Waals surface area (Å²) >= 11 is 7.55. The number of imide groups is 1. The maximum absolute atomic E-state index is 13.4. The fraction of sp³-hybridized carbons (Fsp3) is 0.238. The van der Waals surface area contributed by atoms with Crippen LogP contribution in [0, 0.1) is 0 Å². The largest absolute Gasteiger partial charge is 0.347 e. The van der Waals surface area contributed by atoms with Gasteiger partial charge in [-0.05, 0) is 42.3 Å². The number of hydrogen-bond donors (Lipinski definition) is 3. The Hall–Kier alpha value is -3.81. The number of halogens is 1. The van der Waals surface area contributed by atoms with Crippen molar-refractivity contribution in [3.8, 4) is 0 Å². The Morgan fingerprint density at radius 3 is 2.63 bits per heavy atom. The Morgan fingerprint density at radius 1 is 1.20 bits per heavy atom. The van der Waals surface area contributed by atoms with Crippen LogP contribution in [-0.2, 0) is 17.8 Å². The number of rotatable bonds is 7. The lowest BCUT2D eigenvalue weighted by Gasteiger charge is -2.45. The van der Waals surface area contributed by atoms with Crippen LogP contribution in [0.3, 0.4) is 0 Å². The van der Waals surface area contributed by atoms with Crippen LogP contribution >= 0.6 is 22.9 Å². The molecule has 3 aromatic rings. The van der Waals surface area contributed by atoms with Gasteiger partial charge < -0.3 is 11.2 Å². The molecule has 0 spiro atoms. The molecule has 14 heteroatoms. The molecule has 0 bridgehead atoms. The van der Waals surface area contributed by atoms with E-state index in [0.717, 1.165) is 32.2 Å². The van der Waals surface area contributed by atoms with Gasteiger partial charge in [-0.3, -0.25) is 9.69 Å². The standard InChI is InChI=1S/C21H22ClN9O3S/c1-2-18-26-15-8-7-14(9-16(15)35-18)25-19-29(10-12-3-5-13(22)6-4-12)20(33)30(21(34)31(19)24)11-17(32)27-28-23/h3-9,19,25H,2,10-11,24H2,1H3,(H2,23,27,32). The highest BCUT2D eigenvalue weighted by Gasteiger charge is 2.44. The number of nitrogens with two attached hydrogens (primary N) is 2. The highest BCUT2D eigenvalue weighted by atomic mass is 35.5. The van der Waals surface area contributed by atoms with Crippen LogP contribution in [0.5, 0.6) is 0 Å². The van der Waals surface area contributed by atoms with Crippen LogP contribution in [0.25, 0.3) is 10.2 Å². The highest BCUT2D eigenvalue weighted by molar-refractivity contribution is 7.18. The zero-order valence-electron chi connectivity index (χ0n) is 18.6. The summed E-state index contributed by atoms with van der Waals surface area (Å²) in [6.07, 6.45) is -0.235. The molecule has 12 nitrogen and oxygen atoms in total. The summed E-state index contributed by atoms with van der Waals surface area (Å²) in [7, 11) is 0. The van der Waals surface area contributed by atoms with E-state index in [1.165, 1.54) is 4.90 Å². The van der Waals surface area contributed by atoms with Gasteiger partial charge in [-0.2, -0.15) is 0 Å². The molecule has 1 aliphatic heterocycles. The van der Waals surface area contributed by atoms with Gasteiger partial charge in [0.1, 0.15) is 6.54 Å². The fourth-order valence-electron chi connectivity index (χ4n) is 3.55. The van der Waals surface area contributed by atoms with Gasteiger partial charge in [0.2, 0.25) is 6.29 Å². The van der Waals surface area contributed by atoms with Gasteiger partial charge in [-0.1, -0.05) is 41.0 Å². The highest BCUT2D eigenvalue weighted by Crippen LogP contribution is 2.28. The molecule has 1 saturated heterocycles. The number of thiazole rings is 1. The number of hydrazine groups is 1. The van der Waals surface area contributed by atoms with Crippen molar-refractivity contribution in [1.29, 1.82) is 0 Å². The van der Waals surface area contributed by atoms with Gasteiger partial charge in [0.05, 0.1) is 21.8 Å². The quantitative estimate of drug-likeness (QED) is 0.188. The van der Waals surface area contributed by atoms with Gasteiger partial charge >= 0.3 is 12.1 Å². The second-order valence-corrected chi connectivity index (χ2v) is 9.14. The topological polar surface area (TPSA) is 163 Å². The van der Waals surface area contributed by atoms with Crippen LogP contribution in [0.4, 0.5) is 15.3 Å². The van der Waals surface area contributed by atoms with E-state index < -0.39 is 30.8 Å². The van der Waals surface area contributed by atoms with Crippen molar-refractivity contribution < 1.29 is 14.4 Å². The molecule has 1 unspecified atom stereocenters. The molecular weight excluding hydrogens is 494 g/mol. The Balaban J connectivity index is 1.66. The maximum atomic E-state index is 13.4. The zero-order chi connectivity index (χ0) is 25.1. The number of amides is 5. The van der Waals surface area contributed by atoms with Gasteiger partial charge in [-0.15, -0.1) is 11.3 Å². The zero-order valence-corrected chi connectivity index (χ0v) is 20.2. The molecule has 2 aromatic carbocycles. The summed E-state index contributed by atoms with van der Waals surface area (Å²) in [5, 5.41) is 11.6. The van der Waals surface area contributed by atoms with E-state index in [1.807, 2.05) is 19.1 Å². The number of nitrogens with one attached hydrogen (secondary N) is 1. The minimum absolute atomic E-state index is 0.0700. The molecule has 5 amide bonds. The van der Waals surface area contributed by atoms with Crippen LogP contribution in [0.1, 0.15) is 17.5 Å². The predicted octanol–water partition coefficient (Wildman–Crippen LogP) is 3.29. The van der Waals surface area contributed by atoms with Crippen LogP contribution in [0.2, 0.25) is 5.02 Å². The Labute approximate surface area is 209 Å². The van der Waals surface area contributed by atoms with Crippen molar-refractivity contribution in [2.24, 2.45) is 22.0 Å². The Bertz CT molecular complexity index is 1300. The van der Waals surface area contributed by atoms with Crippen molar-refractivity contribution >= 4 is 56.8 Å². The average molecular weight is 516 g/mol. The molecule has 4 rings (SSSR count). The summed E-state index contributed by atoms with van der Waals surface area (Å²) < 4.78 is 0.951. The van der Waals surface area contributed by atoms with Crippen molar-refractivity contribution in [3.63, 3.8) is 0 Å². The first-order valence-corrected chi connectivity index (χ1v) is 11.7. The number of aryl methyl sites for hydroxylation is 1. The molecule has 0 radical (unpaired) electrons. The van der Waals surface area contributed by atoms with Gasteiger partial charge in [0.15, 0.2) is 0 Å². The lowest BCUT2D eigenvalue weighted by Crippen LogP contribution is -2.70. The SMILES string of the molecule is CCc1nc2ccc(NC3N(N)C(=O)N(CC(=O)N=NN)C(=O)N3Cc3ccc(Cl)cc3)cc2s1. The minimum atomic E-state index is -1.05. The lowest BCUT2D eigenvalue weighted by molar-refractivity contribution is -0.119. The number of aromatic nitrogens is 1. The molecular formula is C21H22ClN9O3S. The van der Waals surface area contributed by atoms with Gasteiger partial charge in [0.25, 0.3) is 5.91 Å². The third kappa shape index (κ3) is 5.16. The number of nitrogens with zero attached hydrogens (tertiary/aromatic N) is 6. The van der Waals surface area contributed by atoms with E-state index in [1.54, 1.807) is 41.7 Å². The molecule has 5 N–H and O–H groups in total. The second-order valence-electron chi connectivity index (χ2n) is 7.58. The van der Waals surface area contributed by atoms with Crippen molar-refractivity contribution in [3.05, 3.63) is 58.1 Å². The van der Waals surface area contributed by atoms with Crippen molar-refractivity contribution in [2.45, 2.75) is 26.2 Å². The number of carbonyl (C=O) groups is 3. The molecule has 1 aromatic heterocycles. The second kappa shape index (κ2) is 10.2. The number of hydrogen-bond acceptors (Lipinski definition) is 8. The summed E-state index contributed by atoms with van der Waals surface area (Å²) in [5.74, 6) is 10.2. The van der Waals surface area contributed by atoms with E-state index >= 15 is 0 Å². The first kappa shape index (κ1) is 24.3. The first-order chi connectivity index (χ1) is 16.8. The number of benzene rings is 2. The minimum Gasteiger partial charge on any atom is -0.347 e. The Morgan fingerprint density at radius 2 is 1.94 bits per heavy atom. The summed E-state index contributed by atoms with van der Waals surface area (Å²) in [5.41, 5.74) is 2.22. The number of carbonyl (C=O) groups excluding carboxylic acids is 3. The van der Waals surface area contributed by atoms with Crippen LogP contribution < -0.4 is 17.0 Å². The molecule has 2 heterocycles. The molecule has 1 atom stereocenters. The first-order valence-electron chi connectivity index (χ1n) is 10.5. The summed E-state index contributed by atoms with van der Waals surface area (Å²) in [6, 6.07) is 10.8. The van der Waals surface area contributed by atoms with E-state index in [2.05, 4.69) is 20.6 Å². The van der Waals surface area contributed by atoms with E-state index in [0.29, 0.717) is 15.6 Å². The number of anilines is 1. The maximum Gasteiger partial charge on any atom is 0.346 e. The number of fused-ring (bicyclic) bond motifs is 1. The van der Waals surface area contributed by atoms with E-state index in [-0.39, 0.29) is 6.54 Å². The summed E-state index contributed by atoms with van der Waals surface area (Å²) in [6.45, 7) is 1.44. The van der Waals surface area contributed by atoms with Crippen LogP contribution in [-0.4, -0.2) is 50.6 Å². The molecule has 182 valence electrons. The Kier molecular flexibility index (Phi) is 7.10. The predicted molar refractivity (Wildman–Crippen MR) is 131 cm³/mol. The van der Waals surface area contributed by atoms with Crippen LogP contribution in [0.15, 0.2) is 52.8 Å². The van der Waals surface area contributed by atoms with Crippen molar-refractivity contribution in [2.75, 3.05) is 11.9 Å². The molecule has 1 aliphatic rings.